The minimum Gasteiger partial charge on any atom is -0.492 e. The van der Waals surface area contributed by atoms with Gasteiger partial charge >= 0.3 is 6.03 Å². The van der Waals surface area contributed by atoms with Crippen LogP contribution < -0.4 is 4.74 Å². The van der Waals surface area contributed by atoms with E-state index in [-0.39, 0.29) is 12.6 Å². The summed E-state index contributed by atoms with van der Waals surface area (Å²) in [6, 6.07) is 16.1. The molecule has 178 valence electrons. The van der Waals surface area contributed by atoms with Crippen LogP contribution in [0, 0.1) is 17.1 Å². The molecule has 35 heavy (non-hydrogen) atoms. The van der Waals surface area contributed by atoms with Crippen molar-refractivity contribution in [2.24, 2.45) is 0 Å². The fourth-order valence-corrected chi connectivity index (χ4v) is 4.06. The maximum atomic E-state index is 15.3. The molecular formula is C27H26FN5O2. The molecule has 0 radical (unpaired) electrons. The summed E-state index contributed by atoms with van der Waals surface area (Å²) in [5.41, 5.74) is 4.80. The Morgan fingerprint density at radius 2 is 1.83 bits per heavy atom. The number of amides is 2. The van der Waals surface area contributed by atoms with Crippen LogP contribution in [0.1, 0.15) is 18.1 Å². The zero-order valence-corrected chi connectivity index (χ0v) is 20.1. The first-order valence-corrected chi connectivity index (χ1v) is 11.2. The minimum absolute atomic E-state index is 0.148. The smallest absolute Gasteiger partial charge is 0.319 e. The topological polar surface area (TPSA) is 73.9 Å². The molecule has 0 fully saturated rings. The second-order valence-electron chi connectivity index (χ2n) is 8.38. The first kappa shape index (κ1) is 23.8. The number of imidazole rings is 1. The van der Waals surface area contributed by atoms with Crippen molar-refractivity contribution in [3.63, 3.8) is 0 Å². The molecule has 8 heteroatoms. The van der Waals surface area contributed by atoms with E-state index in [4.69, 9.17) is 4.74 Å². The number of nitriles is 1. The van der Waals surface area contributed by atoms with E-state index < -0.39 is 5.82 Å². The highest BCUT2D eigenvalue weighted by Crippen LogP contribution is 2.38. The lowest BCUT2D eigenvalue weighted by molar-refractivity contribution is 0.179. The van der Waals surface area contributed by atoms with Crippen molar-refractivity contribution in [3.8, 4) is 34.2 Å². The van der Waals surface area contributed by atoms with Crippen molar-refractivity contribution in [1.29, 1.82) is 5.26 Å². The molecule has 0 saturated heterocycles. The summed E-state index contributed by atoms with van der Waals surface area (Å²) in [5.74, 6) is 0.253. The number of urea groups is 1. The van der Waals surface area contributed by atoms with Crippen molar-refractivity contribution in [2.45, 2.75) is 13.5 Å². The fraction of sp³-hybridized carbons (Fsp3) is 0.222. The Morgan fingerprint density at radius 1 is 1.11 bits per heavy atom. The zero-order chi connectivity index (χ0) is 25.1. The average molecular weight is 472 g/mol. The summed E-state index contributed by atoms with van der Waals surface area (Å²) >= 11 is 0. The van der Waals surface area contributed by atoms with Crippen molar-refractivity contribution < 1.29 is 13.9 Å². The second-order valence-corrected chi connectivity index (χ2v) is 8.38. The Bertz CT molecular complexity index is 1420. The lowest BCUT2D eigenvalue weighted by Crippen LogP contribution is -2.36. The summed E-state index contributed by atoms with van der Waals surface area (Å²) in [6.07, 6.45) is 3.39. The van der Waals surface area contributed by atoms with E-state index >= 15 is 4.39 Å². The van der Waals surface area contributed by atoms with Crippen LogP contribution in [0.25, 0.3) is 27.9 Å². The Morgan fingerprint density at radius 3 is 2.46 bits per heavy atom. The van der Waals surface area contributed by atoms with E-state index in [1.165, 1.54) is 15.9 Å². The van der Waals surface area contributed by atoms with E-state index in [0.29, 0.717) is 29.0 Å². The van der Waals surface area contributed by atoms with Crippen LogP contribution in [0.15, 0.2) is 61.1 Å². The normalized spacial score (nSPS) is 10.7. The molecule has 0 spiro atoms. The van der Waals surface area contributed by atoms with Gasteiger partial charge in [0.05, 0.1) is 36.5 Å². The number of hydrogen-bond acceptors (Lipinski definition) is 4. The van der Waals surface area contributed by atoms with Gasteiger partial charge in [0.25, 0.3) is 0 Å². The largest absolute Gasteiger partial charge is 0.492 e. The van der Waals surface area contributed by atoms with Gasteiger partial charge in [-0.25, -0.2) is 14.2 Å². The van der Waals surface area contributed by atoms with E-state index in [9.17, 15) is 10.1 Å². The monoisotopic (exact) mass is 471 g/mol. The van der Waals surface area contributed by atoms with Gasteiger partial charge in [-0.05, 0) is 36.8 Å². The molecule has 0 atom stereocenters. The number of ether oxygens (including phenoxy) is 1. The standard InChI is InChI=1S/C27H26FN5O2/c1-5-35-25-13-22(19-8-6-18(14-29)7-9-19)26(33-17-30-15-24(25)33)20-10-11-21(23(28)12-20)16-32(4)27(34)31(2)3/h6-13,15,17H,5,16H2,1-4H3. The highest BCUT2D eigenvalue weighted by molar-refractivity contribution is 5.86. The third-order valence-electron chi connectivity index (χ3n) is 5.73. The molecule has 0 aliphatic rings. The molecule has 4 rings (SSSR count). The second kappa shape index (κ2) is 9.85. The van der Waals surface area contributed by atoms with E-state index in [2.05, 4.69) is 11.1 Å². The SMILES string of the molecule is CCOc1cc(-c2ccc(C#N)cc2)c(-c2ccc(CN(C)C(=O)N(C)C)c(F)c2)n2cncc12. The van der Waals surface area contributed by atoms with Gasteiger partial charge in [-0.3, -0.25) is 4.40 Å². The van der Waals surface area contributed by atoms with E-state index in [1.54, 1.807) is 51.9 Å². The maximum absolute atomic E-state index is 15.3. The predicted octanol–water partition coefficient (Wildman–Crippen LogP) is 5.19. The molecule has 0 N–H and O–H groups in total. The lowest BCUT2D eigenvalue weighted by Gasteiger charge is -2.22. The molecule has 4 aromatic rings. The maximum Gasteiger partial charge on any atom is 0.319 e. The van der Waals surface area contributed by atoms with Crippen LogP contribution in [0.4, 0.5) is 9.18 Å². The Labute approximate surface area is 203 Å². The lowest BCUT2D eigenvalue weighted by atomic mass is 9.96. The number of nitrogens with zero attached hydrogens (tertiary/aromatic N) is 5. The molecule has 2 heterocycles. The molecule has 7 nitrogen and oxygen atoms in total. The molecule has 0 unspecified atom stereocenters. The number of carbonyl (C=O) groups excluding carboxylic acids is 1. The van der Waals surface area contributed by atoms with Crippen LogP contribution in [0.2, 0.25) is 0 Å². The number of benzene rings is 2. The van der Waals surface area contributed by atoms with Gasteiger partial charge in [-0.15, -0.1) is 0 Å². The van der Waals surface area contributed by atoms with Gasteiger partial charge in [0.15, 0.2) is 0 Å². The van der Waals surface area contributed by atoms with Crippen LogP contribution in [-0.4, -0.2) is 53.0 Å². The predicted molar refractivity (Wildman–Crippen MR) is 132 cm³/mol. The summed E-state index contributed by atoms with van der Waals surface area (Å²) in [5, 5.41) is 9.19. The molecule has 0 aliphatic carbocycles. The van der Waals surface area contributed by atoms with Crippen LogP contribution >= 0.6 is 0 Å². The van der Waals surface area contributed by atoms with Crippen LogP contribution in [0.5, 0.6) is 5.75 Å². The van der Waals surface area contributed by atoms with Gasteiger partial charge in [0, 0.05) is 44.4 Å². The highest BCUT2D eigenvalue weighted by atomic mass is 19.1. The van der Waals surface area contributed by atoms with Crippen molar-refractivity contribution in [1.82, 2.24) is 19.2 Å². The number of hydrogen-bond donors (Lipinski definition) is 0. The molecule has 2 aromatic heterocycles. The third-order valence-corrected chi connectivity index (χ3v) is 5.73. The number of pyridine rings is 1. The summed E-state index contributed by atoms with van der Waals surface area (Å²) in [7, 11) is 4.96. The number of halogens is 1. The average Bonchev–Trinajstić information content (AvgIpc) is 3.35. The van der Waals surface area contributed by atoms with E-state index in [1.807, 2.05) is 35.6 Å². The van der Waals surface area contributed by atoms with Crippen LogP contribution in [-0.2, 0) is 6.54 Å². The minimum atomic E-state index is -0.408. The number of fused-ring (bicyclic) bond motifs is 1. The van der Waals surface area contributed by atoms with Crippen LogP contribution in [0.3, 0.4) is 0 Å². The van der Waals surface area contributed by atoms with Crippen molar-refractivity contribution in [3.05, 3.63) is 78.0 Å². The van der Waals surface area contributed by atoms with Gasteiger partial charge in [0.1, 0.15) is 17.1 Å². The summed E-state index contributed by atoms with van der Waals surface area (Å²) < 4.78 is 23.0. The Balaban J connectivity index is 1.86. The van der Waals surface area contributed by atoms with Crippen molar-refractivity contribution in [2.75, 3.05) is 27.7 Å². The molecule has 2 amide bonds. The van der Waals surface area contributed by atoms with Gasteiger partial charge in [-0.1, -0.05) is 24.3 Å². The third kappa shape index (κ3) is 4.66. The number of rotatable bonds is 6. The first-order chi connectivity index (χ1) is 16.8. The molecule has 0 aliphatic heterocycles. The van der Waals surface area contributed by atoms with Crippen molar-refractivity contribution >= 4 is 11.5 Å². The van der Waals surface area contributed by atoms with Gasteiger partial charge < -0.3 is 14.5 Å². The summed E-state index contributed by atoms with van der Waals surface area (Å²) in [6.45, 7) is 2.54. The van der Waals surface area contributed by atoms with Gasteiger partial charge in [-0.2, -0.15) is 5.26 Å². The number of aromatic nitrogens is 2. The quantitative estimate of drug-likeness (QED) is 0.388. The molecule has 0 bridgehead atoms. The molecule has 2 aromatic carbocycles. The van der Waals surface area contributed by atoms with Gasteiger partial charge in [0.2, 0.25) is 0 Å². The number of carbonyl (C=O) groups is 1. The zero-order valence-electron chi connectivity index (χ0n) is 20.1. The Kier molecular flexibility index (Phi) is 6.69. The van der Waals surface area contributed by atoms with E-state index in [0.717, 1.165) is 22.3 Å². The summed E-state index contributed by atoms with van der Waals surface area (Å²) in [4.78, 5) is 19.4. The molecular weight excluding hydrogens is 445 g/mol. The first-order valence-electron chi connectivity index (χ1n) is 11.2. The molecule has 0 saturated carbocycles. The fourth-order valence-electron chi connectivity index (χ4n) is 4.06. The highest BCUT2D eigenvalue weighted by Gasteiger charge is 2.19. The Hall–Kier alpha value is -4.38.